The summed E-state index contributed by atoms with van der Waals surface area (Å²) in [7, 11) is 0. The Morgan fingerprint density at radius 1 is 1.50 bits per heavy atom. The molecular formula is C14H24. The normalized spacial score (nSPS) is 22.7. The summed E-state index contributed by atoms with van der Waals surface area (Å²) in [5, 5.41) is 0. The van der Waals surface area contributed by atoms with Gasteiger partial charge in [0.05, 0.1) is 0 Å². The van der Waals surface area contributed by atoms with Gasteiger partial charge in [0.1, 0.15) is 0 Å². The molecule has 0 saturated carbocycles. The Hall–Kier alpha value is -0.520. The van der Waals surface area contributed by atoms with E-state index in [0.717, 1.165) is 11.8 Å². The lowest BCUT2D eigenvalue weighted by atomic mass is 9.81. The summed E-state index contributed by atoms with van der Waals surface area (Å²) in [4.78, 5) is 0. The molecule has 0 heteroatoms. The summed E-state index contributed by atoms with van der Waals surface area (Å²) in [5.41, 5.74) is 2.94. The Labute approximate surface area is 89.1 Å². The van der Waals surface area contributed by atoms with Crippen molar-refractivity contribution in [2.24, 2.45) is 11.8 Å². The second-order valence-electron chi connectivity index (χ2n) is 5.03. The van der Waals surface area contributed by atoms with E-state index in [1.54, 1.807) is 0 Å². The van der Waals surface area contributed by atoms with E-state index < -0.39 is 0 Å². The number of hydrogen-bond acceptors (Lipinski definition) is 0. The van der Waals surface area contributed by atoms with E-state index in [4.69, 9.17) is 0 Å². The van der Waals surface area contributed by atoms with Crippen LogP contribution in [0.1, 0.15) is 52.9 Å². The van der Waals surface area contributed by atoms with Gasteiger partial charge in [-0.1, -0.05) is 51.8 Å². The summed E-state index contributed by atoms with van der Waals surface area (Å²) < 4.78 is 0. The van der Waals surface area contributed by atoms with Crippen molar-refractivity contribution < 1.29 is 0 Å². The van der Waals surface area contributed by atoms with Crippen molar-refractivity contribution in [2.45, 2.75) is 52.9 Å². The van der Waals surface area contributed by atoms with Crippen LogP contribution in [-0.4, -0.2) is 0 Å². The van der Waals surface area contributed by atoms with Crippen LogP contribution in [0.25, 0.3) is 0 Å². The van der Waals surface area contributed by atoms with Crippen LogP contribution in [0.3, 0.4) is 0 Å². The highest BCUT2D eigenvalue weighted by molar-refractivity contribution is 5.31. The number of rotatable bonds is 4. The van der Waals surface area contributed by atoms with Crippen molar-refractivity contribution in [3.05, 3.63) is 23.8 Å². The van der Waals surface area contributed by atoms with Crippen molar-refractivity contribution in [2.75, 3.05) is 0 Å². The molecule has 0 aromatic carbocycles. The van der Waals surface area contributed by atoms with Crippen LogP contribution in [0.4, 0.5) is 0 Å². The van der Waals surface area contributed by atoms with Gasteiger partial charge < -0.3 is 0 Å². The van der Waals surface area contributed by atoms with Crippen LogP contribution in [-0.2, 0) is 0 Å². The summed E-state index contributed by atoms with van der Waals surface area (Å²) in [6.07, 6.45) is 8.86. The van der Waals surface area contributed by atoms with E-state index in [9.17, 15) is 0 Å². The zero-order valence-electron chi connectivity index (χ0n) is 9.97. The zero-order chi connectivity index (χ0) is 10.6. The monoisotopic (exact) mass is 192 g/mol. The molecule has 1 atom stereocenters. The van der Waals surface area contributed by atoms with Crippen molar-refractivity contribution >= 4 is 0 Å². The Balaban J connectivity index is 2.51. The van der Waals surface area contributed by atoms with Gasteiger partial charge in [-0.3, -0.25) is 0 Å². The summed E-state index contributed by atoms with van der Waals surface area (Å²) >= 11 is 0. The third-order valence-electron chi connectivity index (χ3n) is 3.01. The smallest absolute Gasteiger partial charge is 0.0251 e. The highest BCUT2D eigenvalue weighted by atomic mass is 14.2. The third-order valence-corrected chi connectivity index (χ3v) is 3.01. The van der Waals surface area contributed by atoms with Gasteiger partial charge in [0.2, 0.25) is 0 Å². The van der Waals surface area contributed by atoms with Gasteiger partial charge in [0, 0.05) is 0 Å². The van der Waals surface area contributed by atoms with Crippen molar-refractivity contribution in [3.8, 4) is 0 Å². The Morgan fingerprint density at radius 2 is 2.21 bits per heavy atom. The van der Waals surface area contributed by atoms with E-state index in [-0.39, 0.29) is 0 Å². The largest absolute Gasteiger partial charge is 0.0956 e. The lowest BCUT2D eigenvalue weighted by molar-refractivity contribution is 0.464. The molecule has 0 fully saturated rings. The fourth-order valence-electron chi connectivity index (χ4n) is 2.31. The van der Waals surface area contributed by atoms with Crippen LogP contribution < -0.4 is 0 Å². The Kier molecular flexibility index (Phi) is 4.44. The van der Waals surface area contributed by atoms with Crippen molar-refractivity contribution in [1.29, 1.82) is 0 Å². The molecule has 1 rings (SSSR count). The fraction of sp³-hybridized carbons (Fsp3) is 0.714. The van der Waals surface area contributed by atoms with E-state index in [2.05, 4.69) is 33.4 Å². The molecule has 0 aromatic heterocycles. The fourth-order valence-corrected chi connectivity index (χ4v) is 2.31. The molecule has 0 heterocycles. The quantitative estimate of drug-likeness (QED) is 0.604. The minimum atomic E-state index is 0.765. The molecular weight excluding hydrogens is 168 g/mol. The SMILES string of the molecule is C=C1CC(CCC)CC=C1CC(C)C. The average molecular weight is 192 g/mol. The van der Waals surface area contributed by atoms with E-state index in [1.807, 2.05) is 0 Å². The maximum absolute atomic E-state index is 4.21. The molecule has 0 bridgehead atoms. The summed E-state index contributed by atoms with van der Waals surface area (Å²) in [6, 6.07) is 0. The second kappa shape index (κ2) is 5.38. The Morgan fingerprint density at radius 3 is 2.71 bits per heavy atom. The van der Waals surface area contributed by atoms with Gasteiger partial charge in [-0.2, -0.15) is 0 Å². The third kappa shape index (κ3) is 3.32. The van der Waals surface area contributed by atoms with Crippen LogP contribution in [0, 0.1) is 11.8 Å². The molecule has 14 heavy (non-hydrogen) atoms. The molecule has 1 aliphatic carbocycles. The first-order valence-corrected chi connectivity index (χ1v) is 6.00. The molecule has 1 aliphatic rings. The first kappa shape index (κ1) is 11.6. The van der Waals surface area contributed by atoms with E-state index in [1.165, 1.54) is 43.3 Å². The average Bonchev–Trinajstić information content (AvgIpc) is 2.10. The zero-order valence-corrected chi connectivity index (χ0v) is 9.97. The molecule has 0 radical (unpaired) electrons. The topological polar surface area (TPSA) is 0 Å². The van der Waals surface area contributed by atoms with E-state index in [0.29, 0.717) is 0 Å². The maximum atomic E-state index is 4.21. The Bertz CT molecular complexity index is 220. The highest BCUT2D eigenvalue weighted by Gasteiger charge is 2.17. The molecule has 0 nitrogen and oxygen atoms in total. The molecule has 0 N–H and O–H groups in total. The number of allylic oxidation sites excluding steroid dienone is 3. The molecule has 1 unspecified atom stereocenters. The lowest BCUT2D eigenvalue weighted by Crippen LogP contribution is -2.09. The van der Waals surface area contributed by atoms with Gasteiger partial charge in [-0.25, -0.2) is 0 Å². The second-order valence-corrected chi connectivity index (χ2v) is 5.03. The van der Waals surface area contributed by atoms with Gasteiger partial charge in [0.25, 0.3) is 0 Å². The standard InChI is InChI=1S/C14H24/c1-5-6-13-7-8-14(9-11(2)3)12(4)10-13/h8,11,13H,4-7,9-10H2,1-3H3. The minimum absolute atomic E-state index is 0.765. The lowest BCUT2D eigenvalue weighted by Gasteiger charge is -2.24. The van der Waals surface area contributed by atoms with Gasteiger partial charge in [0.15, 0.2) is 0 Å². The number of hydrogen-bond donors (Lipinski definition) is 0. The van der Waals surface area contributed by atoms with Crippen molar-refractivity contribution in [3.63, 3.8) is 0 Å². The van der Waals surface area contributed by atoms with Crippen LogP contribution in [0.2, 0.25) is 0 Å². The maximum Gasteiger partial charge on any atom is -0.0251 e. The van der Waals surface area contributed by atoms with Gasteiger partial charge in [-0.15, -0.1) is 0 Å². The van der Waals surface area contributed by atoms with Crippen LogP contribution in [0.5, 0.6) is 0 Å². The van der Waals surface area contributed by atoms with Gasteiger partial charge >= 0.3 is 0 Å². The molecule has 0 aromatic rings. The molecule has 0 amide bonds. The summed E-state index contributed by atoms with van der Waals surface area (Å²) in [6.45, 7) is 11.1. The first-order chi connectivity index (χ1) is 6.63. The molecule has 0 aliphatic heterocycles. The highest BCUT2D eigenvalue weighted by Crippen LogP contribution is 2.33. The van der Waals surface area contributed by atoms with Gasteiger partial charge in [-0.05, 0) is 36.7 Å². The van der Waals surface area contributed by atoms with E-state index >= 15 is 0 Å². The van der Waals surface area contributed by atoms with Crippen molar-refractivity contribution in [1.82, 2.24) is 0 Å². The first-order valence-electron chi connectivity index (χ1n) is 6.00. The minimum Gasteiger partial charge on any atom is -0.0956 e. The molecule has 0 saturated heterocycles. The summed E-state index contributed by atoms with van der Waals surface area (Å²) in [5.74, 6) is 1.64. The van der Waals surface area contributed by atoms with Crippen LogP contribution in [0.15, 0.2) is 23.8 Å². The predicted molar refractivity (Wildman–Crippen MR) is 64.3 cm³/mol. The molecule has 0 spiro atoms. The van der Waals surface area contributed by atoms with Crippen LogP contribution >= 0.6 is 0 Å². The molecule has 80 valence electrons. The predicted octanol–water partition coefficient (Wildman–Crippen LogP) is 4.73.